The standard InChI is InChI=1S/C26H44O2/c1-8-22(3)15-16-25(6)21-10-12-23(4)17-19(28-18(2)27)9-13-24(23,5)20(21)11-14-26(22,25)7/h19-21H,8-17H2,1-7H3/t19-,20-,21+,22-,23+,24-,25-,26+/m1/s1. The first kappa shape index (κ1) is 20.7. The zero-order chi connectivity index (χ0) is 20.6. The maximum absolute atomic E-state index is 11.6. The van der Waals surface area contributed by atoms with Gasteiger partial charge < -0.3 is 4.74 Å². The Morgan fingerprint density at radius 3 is 2.14 bits per heavy atom. The summed E-state index contributed by atoms with van der Waals surface area (Å²) in [4.78, 5) is 11.6. The summed E-state index contributed by atoms with van der Waals surface area (Å²) >= 11 is 0. The van der Waals surface area contributed by atoms with Gasteiger partial charge in [0, 0.05) is 6.92 Å². The molecule has 0 heterocycles. The molecular formula is C26H44O2. The van der Waals surface area contributed by atoms with E-state index in [1.165, 1.54) is 51.4 Å². The first-order chi connectivity index (χ1) is 12.9. The molecular weight excluding hydrogens is 344 g/mol. The van der Waals surface area contributed by atoms with Gasteiger partial charge in [-0.3, -0.25) is 4.79 Å². The van der Waals surface area contributed by atoms with Gasteiger partial charge in [0.15, 0.2) is 0 Å². The van der Waals surface area contributed by atoms with Gasteiger partial charge in [0.2, 0.25) is 0 Å². The van der Waals surface area contributed by atoms with Gasteiger partial charge in [0.25, 0.3) is 0 Å². The van der Waals surface area contributed by atoms with Crippen LogP contribution in [0.1, 0.15) is 113 Å². The largest absolute Gasteiger partial charge is 0.463 e. The number of rotatable bonds is 2. The molecule has 0 spiro atoms. The fourth-order valence-corrected chi connectivity index (χ4v) is 9.33. The molecule has 28 heavy (non-hydrogen) atoms. The van der Waals surface area contributed by atoms with E-state index in [-0.39, 0.29) is 12.1 Å². The monoisotopic (exact) mass is 388 g/mol. The van der Waals surface area contributed by atoms with Gasteiger partial charge in [-0.25, -0.2) is 0 Å². The molecule has 0 aromatic heterocycles. The van der Waals surface area contributed by atoms with Crippen molar-refractivity contribution in [3.63, 3.8) is 0 Å². The van der Waals surface area contributed by atoms with Gasteiger partial charge in [-0.1, -0.05) is 48.0 Å². The Morgan fingerprint density at radius 2 is 1.50 bits per heavy atom. The van der Waals surface area contributed by atoms with E-state index in [4.69, 9.17) is 4.74 Å². The van der Waals surface area contributed by atoms with Crippen LogP contribution in [0.5, 0.6) is 0 Å². The van der Waals surface area contributed by atoms with Gasteiger partial charge in [-0.2, -0.15) is 0 Å². The molecule has 4 fully saturated rings. The Hall–Kier alpha value is -0.530. The maximum Gasteiger partial charge on any atom is 0.302 e. The summed E-state index contributed by atoms with van der Waals surface area (Å²) in [5.41, 5.74) is 2.24. The predicted octanol–water partition coefficient (Wildman–Crippen LogP) is 7.16. The van der Waals surface area contributed by atoms with Gasteiger partial charge in [-0.15, -0.1) is 0 Å². The van der Waals surface area contributed by atoms with Crippen LogP contribution >= 0.6 is 0 Å². The van der Waals surface area contributed by atoms with Crippen LogP contribution in [0.25, 0.3) is 0 Å². The summed E-state index contributed by atoms with van der Waals surface area (Å²) in [5.74, 6) is 1.63. The summed E-state index contributed by atoms with van der Waals surface area (Å²) in [6, 6.07) is 0. The molecule has 4 aliphatic carbocycles. The minimum atomic E-state index is -0.100. The smallest absolute Gasteiger partial charge is 0.302 e. The third-order valence-electron chi connectivity index (χ3n) is 12.0. The molecule has 4 rings (SSSR count). The molecule has 2 nitrogen and oxygen atoms in total. The lowest BCUT2D eigenvalue weighted by Gasteiger charge is -2.68. The number of hydrogen-bond acceptors (Lipinski definition) is 2. The average Bonchev–Trinajstić information content (AvgIpc) is 2.84. The normalized spacial score (nSPS) is 55.8. The second-order valence-corrected chi connectivity index (χ2v) is 12.4. The highest BCUT2D eigenvalue weighted by atomic mass is 16.5. The zero-order valence-electron chi connectivity index (χ0n) is 19.6. The minimum absolute atomic E-state index is 0.100. The number of hydrogen-bond donors (Lipinski definition) is 0. The van der Waals surface area contributed by atoms with Crippen LogP contribution in [0, 0.1) is 38.9 Å². The van der Waals surface area contributed by atoms with Gasteiger partial charge >= 0.3 is 5.97 Å². The fraction of sp³-hybridized carbons (Fsp3) is 0.962. The number of esters is 1. The summed E-state index contributed by atoms with van der Waals surface area (Å²) in [5, 5.41) is 0. The van der Waals surface area contributed by atoms with Crippen molar-refractivity contribution < 1.29 is 9.53 Å². The first-order valence-corrected chi connectivity index (χ1v) is 12.1. The molecule has 4 aliphatic rings. The third kappa shape index (κ3) is 2.41. The van der Waals surface area contributed by atoms with E-state index in [0.717, 1.165) is 24.7 Å². The second kappa shape index (κ2) is 6.24. The molecule has 0 unspecified atom stereocenters. The van der Waals surface area contributed by atoms with Crippen LogP contribution in [0.2, 0.25) is 0 Å². The number of carbonyl (C=O) groups excluding carboxylic acids is 1. The number of fused-ring (bicyclic) bond motifs is 5. The van der Waals surface area contributed by atoms with Crippen molar-refractivity contribution in [2.24, 2.45) is 38.9 Å². The van der Waals surface area contributed by atoms with Gasteiger partial charge in [0.1, 0.15) is 6.10 Å². The van der Waals surface area contributed by atoms with Crippen LogP contribution in [0.4, 0.5) is 0 Å². The topological polar surface area (TPSA) is 26.3 Å². The quantitative estimate of drug-likeness (QED) is 0.469. The van der Waals surface area contributed by atoms with E-state index >= 15 is 0 Å². The molecule has 160 valence electrons. The molecule has 0 bridgehead atoms. The maximum atomic E-state index is 11.6. The molecule has 2 heteroatoms. The van der Waals surface area contributed by atoms with Crippen LogP contribution in [-0.2, 0) is 9.53 Å². The molecule has 0 aromatic rings. The minimum Gasteiger partial charge on any atom is -0.463 e. The highest BCUT2D eigenvalue weighted by Crippen LogP contribution is 2.77. The SMILES string of the molecule is CC[C@]1(C)CC[C@]2(C)[C@H]3CC[C@@]4(C)C[C@H](OC(C)=O)CC[C@]4(C)[C@@H]3CC[C@@]12C. The summed E-state index contributed by atoms with van der Waals surface area (Å²) in [7, 11) is 0. The van der Waals surface area contributed by atoms with Crippen molar-refractivity contribution in [1.29, 1.82) is 0 Å². The first-order valence-electron chi connectivity index (χ1n) is 12.1. The highest BCUT2D eigenvalue weighted by Gasteiger charge is 2.69. The van der Waals surface area contributed by atoms with Crippen molar-refractivity contribution in [3.8, 4) is 0 Å². The van der Waals surface area contributed by atoms with E-state index in [9.17, 15) is 4.79 Å². The zero-order valence-corrected chi connectivity index (χ0v) is 19.6. The van der Waals surface area contributed by atoms with E-state index in [2.05, 4.69) is 41.5 Å². The molecule has 0 aromatic carbocycles. The van der Waals surface area contributed by atoms with E-state index < -0.39 is 0 Å². The van der Waals surface area contributed by atoms with E-state index in [1.807, 2.05) is 0 Å². The van der Waals surface area contributed by atoms with E-state index in [0.29, 0.717) is 27.1 Å². The molecule has 0 aliphatic heterocycles. The summed E-state index contributed by atoms with van der Waals surface area (Å²) < 4.78 is 5.69. The van der Waals surface area contributed by atoms with Crippen molar-refractivity contribution in [2.75, 3.05) is 0 Å². The Morgan fingerprint density at radius 1 is 0.857 bits per heavy atom. The lowest BCUT2D eigenvalue weighted by molar-refractivity contribution is -0.207. The summed E-state index contributed by atoms with van der Waals surface area (Å²) in [6.45, 7) is 17.1. The van der Waals surface area contributed by atoms with Crippen LogP contribution in [-0.4, -0.2) is 12.1 Å². The van der Waals surface area contributed by atoms with Crippen molar-refractivity contribution >= 4 is 5.97 Å². The Kier molecular flexibility index (Phi) is 4.62. The van der Waals surface area contributed by atoms with Crippen molar-refractivity contribution in [2.45, 2.75) is 119 Å². The second-order valence-electron chi connectivity index (χ2n) is 12.4. The molecule has 0 N–H and O–H groups in total. The predicted molar refractivity (Wildman–Crippen MR) is 115 cm³/mol. The van der Waals surface area contributed by atoms with Crippen molar-refractivity contribution in [3.05, 3.63) is 0 Å². The van der Waals surface area contributed by atoms with Gasteiger partial charge in [0.05, 0.1) is 0 Å². The molecule has 0 amide bonds. The van der Waals surface area contributed by atoms with Crippen LogP contribution < -0.4 is 0 Å². The van der Waals surface area contributed by atoms with Crippen LogP contribution in [0.15, 0.2) is 0 Å². The molecule has 0 radical (unpaired) electrons. The third-order valence-corrected chi connectivity index (χ3v) is 12.0. The lowest BCUT2D eigenvalue weighted by atomic mass is 9.36. The summed E-state index contributed by atoms with van der Waals surface area (Å²) in [6.07, 6.45) is 13.2. The number of carbonyl (C=O) groups is 1. The van der Waals surface area contributed by atoms with E-state index in [1.54, 1.807) is 6.92 Å². The Bertz CT molecular complexity index is 657. The number of ether oxygens (including phenoxy) is 1. The average molecular weight is 389 g/mol. The van der Waals surface area contributed by atoms with Gasteiger partial charge in [-0.05, 0) is 96.7 Å². The molecule has 4 saturated carbocycles. The Balaban J connectivity index is 1.65. The van der Waals surface area contributed by atoms with Crippen molar-refractivity contribution in [1.82, 2.24) is 0 Å². The molecule has 8 atom stereocenters. The lowest BCUT2D eigenvalue weighted by Crippen LogP contribution is -2.61. The highest BCUT2D eigenvalue weighted by molar-refractivity contribution is 5.66. The Labute approximate surface area is 173 Å². The fourth-order valence-electron chi connectivity index (χ4n) is 9.33. The molecule has 0 saturated heterocycles. The van der Waals surface area contributed by atoms with Crippen LogP contribution in [0.3, 0.4) is 0 Å².